The fourth-order valence-electron chi connectivity index (χ4n) is 4.15. The van der Waals surface area contributed by atoms with Gasteiger partial charge in [0.05, 0.1) is 25.3 Å². The molecule has 2 amide bonds. The van der Waals surface area contributed by atoms with Crippen LogP contribution in [-0.2, 0) is 16.1 Å². The van der Waals surface area contributed by atoms with Gasteiger partial charge in [-0.3, -0.25) is 14.5 Å². The van der Waals surface area contributed by atoms with E-state index in [1.165, 1.54) is 5.56 Å². The van der Waals surface area contributed by atoms with Crippen LogP contribution in [-0.4, -0.2) is 54.9 Å². The molecule has 1 aliphatic heterocycles. The summed E-state index contributed by atoms with van der Waals surface area (Å²) in [5.41, 5.74) is 1.88. The van der Waals surface area contributed by atoms with Crippen molar-refractivity contribution < 1.29 is 14.3 Å². The first-order chi connectivity index (χ1) is 15.1. The number of hydrogen-bond donors (Lipinski definition) is 1. The van der Waals surface area contributed by atoms with E-state index in [4.69, 9.17) is 4.74 Å². The van der Waals surface area contributed by atoms with Crippen LogP contribution in [0, 0.1) is 5.92 Å². The van der Waals surface area contributed by atoms with E-state index in [-0.39, 0.29) is 24.3 Å². The molecule has 1 heterocycles. The van der Waals surface area contributed by atoms with E-state index in [0.717, 1.165) is 38.9 Å². The fraction of sp³-hybridized carbons (Fsp3) is 0.440. The van der Waals surface area contributed by atoms with Crippen molar-refractivity contribution in [2.45, 2.75) is 32.7 Å². The zero-order chi connectivity index (χ0) is 22.1. The molecule has 3 rings (SSSR count). The van der Waals surface area contributed by atoms with Crippen LogP contribution in [0.25, 0.3) is 0 Å². The van der Waals surface area contributed by atoms with Gasteiger partial charge in [-0.25, -0.2) is 0 Å². The minimum absolute atomic E-state index is 0.0555. The van der Waals surface area contributed by atoms with Gasteiger partial charge >= 0.3 is 0 Å². The first-order valence-corrected chi connectivity index (χ1v) is 11.1. The van der Waals surface area contributed by atoms with Gasteiger partial charge in [0, 0.05) is 19.6 Å². The molecule has 166 valence electrons. The topological polar surface area (TPSA) is 61.9 Å². The number of para-hydroxylation sites is 2. The normalized spacial score (nSPS) is 16.5. The van der Waals surface area contributed by atoms with Gasteiger partial charge in [0.25, 0.3) is 0 Å². The van der Waals surface area contributed by atoms with Crippen molar-refractivity contribution in [3.05, 3.63) is 60.2 Å². The van der Waals surface area contributed by atoms with Crippen LogP contribution >= 0.6 is 0 Å². The Kier molecular flexibility index (Phi) is 8.47. The lowest BCUT2D eigenvalue weighted by Crippen LogP contribution is -2.47. The number of carbonyl (C=O) groups is 2. The third-order valence-corrected chi connectivity index (χ3v) is 5.62. The SMILES string of the molecule is CCCN(CC(=O)Nc1ccccc1OC)C(=O)C1CCCN(Cc2ccccc2)C1. The molecule has 1 saturated heterocycles. The van der Waals surface area contributed by atoms with Crippen LogP contribution in [0.15, 0.2) is 54.6 Å². The van der Waals surface area contributed by atoms with E-state index >= 15 is 0 Å². The Hall–Kier alpha value is -2.86. The number of amides is 2. The van der Waals surface area contributed by atoms with Crippen molar-refractivity contribution in [3.63, 3.8) is 0 Å². The molecular weight excluding hydrogens is 390 g/mol. The molecule has 1 aliphatic rings. The Balaban J connectivity index is 1.60. The highest BCUT2D eigenvalue weighted by Gasteiger charge is 2.30. The highest BCUT2D eigenvalue weighted by atomic mass is 16.5. The minimum atomic E-state index is -0.205. The van der Waals surface area contributed by atoms with Gasteiger partial charge in [-0.2, -0.15) is 0 Å². The number of nitrogens with one attached hydrogen (secondary N) is 1. The van der Waals surface area contributed by atoms with E-state index in [0.29, 0.717) is 18.0 Å². The Bertz CT molecular complexity index is 856. The molecule has 2 aromatic rings. The smallest absolute Gasteiger partial charge is 0.244 e. The highest BCUT2D eigenvalue weighted by molar-refractivity contribution is 5.96. The van der Waals surface area contributed by atoms with Gasteiger partial charge in [0.1, 0.15) is 5.75 Å². The summed E-state index contributed by atoms with van der Waals surface area (Å²) in [5, 5.41) is 2.88. The van der Waals surface area contributed by atoms with Crippen molar-refractivity contribution in [1.82, 2.24) is 9.80 Å². The Morgan fingerprint density at radius 2 is 1.87 bits per heavy atom. The summed E-state index contributed by atoms with van der Waals surface area (Å²) in [6, 6.07) is 17.6. The van der Waals surface area contributed by atoms with E-state index in [1.807, 2.05) is 37.3 Å². The van der Waals surface area contributed by atoms with Gasteiger partial charge in [-0.15, -0.1) is 0 Å². The molecule has 0 radical (unpaired) electrons. The first kappa shape index (κ1) is 22.8. The van der Waals surface area contributed by atoms with Gasteiger partial charge in [-0.05, 0) is 43.5 Å². The monoisotopic (exact) mass is 423 g/mol. The maximum atomic E-state index is 13.3. The lowest BCUT2D eigenvalue weighted by atomic mass is 9.96. The number of benzene rings is 2. The third-order valence-electron chi connectivity index (χ3n) is 5.62. The number of piperidine rings is 1. The summed E-state index contributed by atoms with van der Waals surface area (Å²) in [4.78, 5) is 30.0. The summed E-state index contributed by atoms with van der Waals surface area (Å²) in [6.45, 7) is 5.25. The zero-order valence-electron chi connectivity index (χ0n) is 18.5. The quantitative estimate of drug-likeness (QED) is 0.667. The minimum Gasteiger partial charge on any atom is -0.495 e. The third kappa shape index (κ3) is 6.56. The van der Waals surface area contributed by atoms with Crippen LogP contribution in [0.3, 0.4) is 0 Å². The van der Waals surface area contributed by atoms with Gasteiger partial charge in [0.2, 0.25) is 11.8 Å². The molecule has 1 atom stereocenters. The van der Waals surface area contributed by atoms with Crippen LogP contribution in [0.5, 0.6) is 5.75 Å². The lowest BCUT2D eigenvalue weighted by Gasteiger charge is -2.35. The van der Waals surface area contributed by atoms with E-state index in [9.17, 15) is 9.59 Å². The number of likely N-dealkylation sites (tertiary alicyclic amines) is 1. The van der Waals surface area contributed by atoms with E-state index in [1.54, 1.807) is 24.1 Å². The second-order valence-corrected chi connectivity index (χ2v) is 8.07. The molecule has 0 aromatic heterocycles. The highest BCUT2D eigenvalue weighted by Crippen LogP contribution is 2.24. The number of hydrogen-bond acceptors (Lipinski definition) is 4. The average Bonchev–Trinajstić information content (AvgIpc) is 2.79. The van der Waals surface area contributed by atoms with Gasteiger partial charge in [-0.1, -0.05) is 49.4 Å². The molecule has 6 heteroatoms. The second-order valence-electron chi connectivity index (χ2n) is 8.07. The van der Waals surface area contributed by atoms with Gasteiger partial charge in [0.15, 0.2) is 0 Å². The van der Waals surface area contributed by atoms with Crippen molar-refractivity contribution in [1.29, 1.82) is 0 Å². The standard InChI is InChI=1S/C25H33N3O3/c1-3-15-28(19-24(29)26-22-13-7-8-14-23(22)31-2)25(30)21-12-9-16-27(18-21)17-20-10-5-4-6-11-20/h4-8,10-11,13-14,21H,3,9,12,15-19H2,1-2H3,(H,26,29). The van der Waals surface area contributed by atoms with E-state index < -0.39 is 0 Å². The lowest BCUT2D eigenvalue weighted by molar-refractivity contribution is -0.140. The molecule has 2 aromatic carbocycles. The number of ether oxygens (including phenoxy) is 1. The number of anilines is 1. The molecule has 6 nitrogen and oxygen atoms in total. The van der Waals surface area contributed by atoms with Gasteiger partial charge < -0.3 is 15.0 Å². The molecule has 0 bridgehead atoms. The molecular formula is C25H33N3O3. The largest absolute Gasteiger partial charge is 0.495 e. The van der Waals surface area contributed by atoms with Crippen LogP contribution in [0.4, 0.5) is 5.69 Å². The van der Waals surface area contributed by atoms with Crippen molar-refractivity contribution in [3.8, 4) is 5.75 Å². The van der Waals surface area contributed by atoms with Crippen molar-refractivity contribution >= 4 is 17.5 Å². The second kappa shape index (κ2) is 11.5. The van der Waals surface area contributed by atoms with Crippen LogP contribution in [0.1, 0.15) is 31.7 Å². The van der Waals surface area contributed by atoms with Crippen molar-refractivity contribution in [2.24, 2.45) is 5.92 Å². The number of nitrogens with zero attached hydrogens (tertiary/aromatic N) is 2. The van der Waals surface area contributed by atoms with E-state index in [2.05, 4.69) is 22.3 Å². The van der Waals surface area contributed by atoms with Crippen LogP contribution in [0.2, 0.25) is 0 Å². The molecule has 1 fully saturated rings. The molecule has 31 heavy (non-hydrogen) atoms. The molecule has 0 saturated carbocycles. The number of methoxy groups -OCH3 is 1. The summed E-state index contributed by atoms with van der Waals surface area (Å²) in [7, 11) is 1.57. The summed E-state index contributed by atoms with van der Waals surface area (Å²) < 4.78 is 5.30. The maximum absolute atomic E-state index is 13.3. The predicted molar refractivity (Wildman–Crippen MR) is 123 cm³/mol. The molecule has 1 N–H and O–H groups in total. The van der Waals surface area contributed by atoms with Crippen molar-refractivity contribution in [2.75, 3.05) is 38.6 Å². The Labute approximate surface area is 185 Å². The van der Waals surface area contributed by atoms with Crippen LogP contribution < -0.4 is 10.1 Å². The zero-order valence-corrected chi connectivity index (χ0v) is 18.5. The molecule has 0 spiro atoms. The molecule has 1 unspecified atom stereocenters. The summed E-state index contributed by atoms with van der Waals surface area (Å²) in [5.74, 6) is 0.411. The number of carbonyl (C=O) groups excluding carboxylic acids is 2. The maximum Gasteiger partial charge on any atom is 0.244 e. The first-order valence-electron chi connectivity index (χ1n) is 11.1. The Morgan fingerprint density at radius 1 is 1.13 bits per heavy atom. The Morgan fingerprint density at radius 3 is 2.61 bits per heavy atom. The fourth-order valence-corrected chi connectivity index (χ4v) is 4.15. The predicted octanol–water partition coefficient (Wildman–Crippen LogP) is 3.78. The average molecular weight is 424 g/mol. The summed E-state index contributed by atoms with van der Waals surface area (Å²) in [6.07, 6.45) is 2.68. The molecule has 0 aliphatic carbocycles. The summed E-state index contributed by atoms with van der Waals surface area (Å²) >= 11 is 0. The number of rotatable bonds is 9.